The van der Waals surface area contributed by atoms with Crippen LogP contribution < -0.4 is 0 Å². The van der Waals surface area contributed by atoms with E-state index in [0.717, 1.165) is 24.2 Å². The van der Waals surface area contributed by atoms with E-state index < -0.39 is 0 Å². The molecule has 1 N–H and O–H groups in total. The predicted molar refractivity (Wildman–Crippen MR) is 122 cm³/mol. The summed E-state index contributed by atoms with van der Waals surface area (Å²) in [7, 11) is 0. The largest absolute Gasteiger partial charge is 0.393 e. The van der Waals surface area contributed by atoms with Gasteiger partial charge in [0, 0.05) is 0 Å². The molecule has 0 aliphatic heterocycles. The smallest absolute Gasteiger partial charge is 0.0594 e. The second-order valence-corrected chi connectivity index (χ2v) is 13.5. The minimum absolute atomic E-state index is 0.0808. The van der Waals surface area contributed by atoms with Crippen LogP contribution in [0, 0.1) is 44.8 Å². The van der Waals surface area contributed by atoms with Crippen molar-refractivity contribution in [3.63, 3.8) is 0 Å². The van der Waals surface area contributed by atoms with Gasteiger partial charge in [-0.3, -0.25) is 0 Å². The third-order valence-corrected chi connectivity index (χ3v) is 12.3. The monoisotopic (exact) mass is 398 g/mol. The molecule has 5 saturated carbocycles. The highest BCUT2D eigenvalue weighted by Crippen LogP contribution is 2.88. The first-order valence-corrected chi connectivity index (χ1v) is 12.8. The summed E-state index contributed by atoms with van der Waals surface area (Å²) in [5, 5.41) is 10.8. The molecular formula is C28H46O. The first-order chi connectivity index (χ1) is 13.5. The lowest BCUT2D eigenvalue weighted by Gasteiger charge is -2.63. The van der Waals surface area contributed by atoms with Crippen LogP contribution in [0.2, 0.25) is 0 Å². The van der Waals surface area contributed by atoms with E-state index in [-0.39, 0.29) is 11.5 Å². The maximum absolute atomic E-state index is 10.8. The van der Waals surface area contributed by atoms with Crippen LogP contribution in [-0.4, -0.2) is 11.2 Å². The Morgan fingerprint density at radius 2 is 1.52 bits per heavy atom. The van der Waals surface area contributed by atoms with Crippen LogP contribution >= 0.6 is 0 Å². The standard InChI is InChI=1S/C28H46O/c1-19(2)8-7-9-20-12-14-26(6)22-11-10-21-24(3,4)23(29)13-15-27(21)18-28(22,27)17-16-25(20,26)5/h8,20-23,29H,7,9-18H2,1-6H3/t20?,21?,22?,23-,25+,26-,27+,28-/m0/s1. The number of rotatable bonds is 3. The first-order valence-electron chi connectivity index (χ1n) is 12.8. The van der Waals surface area contributed by atoms with Crippen molar-refractivity contribution in [1.82, 2.24) is 0 Å². The summed E-state index contributed by atoms with van der Waals surface area (Å²) in [5.41, 5.74) is 3.93. The molecule has 2 spiro atoms. The Balaban J connectivity index is 1.43. The zero-order valence-corrected chi connectivity index (χ0v) is 20.1. The molecule has 29 heavy (non-hydrogen) atoms. The summed E-state index contributed by atoms with van der Waals surface area (Å²) in [6.45, 7) is 14.7. The van der Waals surface area contributed by atoms with Gasteiger partial charge in [-0.25, -0.2) is 0 Å². The fourth-order valence-corrected chi connectivity index (χ4v) is 10.5. The highest BCUT2D eigenvalue weighted by atomic mass is 16.3. The van der Waals surface area contributed by atoms with Gasteiger partial charge in [0.2, 0.25) is 0 Å². The molecule has 164 valence electrons. The summed E-state index contributed by atoms with van der Waals surface area (Å²) in [4.78, 5) is 0. The highest BCUT2D eigenvalue weighted by molar-refractivity contribution is 5.30. The van der Waals surface area contributed by atoms with Crippen LogP contribution in [0.3, 0.4) is 0 Å². The average Bonchev–Trinajstić information content (AvgIpc) is 3.25. The van der Waals surface area contributed by atoms with Crippen molar-refractivity contribution in [3.05, 3.63) is 11.6 Å². The Morgan fingerprint density at radius 1 is 0.828 bits per heavy atom. The number of hydrogen-bond donors (Lipinski definition) is 1. The van der Waals surface area contributed by atoms with E-state index in [2.05, 4.69) is 47.6 Å². The third kappa shape index (κ3) is 2.38. The lowest BCUT2D eigenvalue weighted by Crippen LogP contribution is -2.57. The first kappa shape index (κ1) is 20.6. The summed E-state index contributed by atoms with van der Waals surface area (Å²) in [6.07, 6.45) is 17.7. The lowest BCUT2D eigenvalue weighted by molar-refractivity contribution is -0.159. The van der Waals surface area contributed by atoms with Gasteiger partial charge in [0.1, 0.15) is 0 Å². The van der Waals surface area contributed by atoms with E-state index in [9.17, 15) is 5.11 Å². The zero-order chi connectivity index (χ0) is 20.9. The summed E-state index contributed by atoms with van der Waals surface area (Å²) in [5.74, 6) is 2.64. The molecule has 0 radical (unpaired) electrons. The molecule has 5 aliphatic rings. The molecule has 0 heterocycles. The Morgan fingerprint density at radius 3 is 2.24 bits per heavy atom. The molecule has 5 fully saturated rings. The van der Waals surface area contributed by atoms with Crippen LogP contribution in [0.4, 0.5) is 0 Å². The molecule has 0 aromatic rings. The molecule has 0 saturated heterocycles. The van der Waals surface area contributed by atoms with Gasteiger partial charge in [-0.05, 0) is 129 Å². The van der Waals surface area contributed by atoms with Crippen LogP contribution in [0.5, 0.6) is 0 Å². The van der Waals surface area contributed by atoms with Crippen molar-refractivity contribution in [2.45, 2.75) is 118 Å². The molecule has 0 amide bonds. The number of hydrogen-bond acceptors (Lipinski definition) is 1. The Hall–Kier alpha value is -0.300. The molecule has 3 unspecified atom stereocenters. The number of aliphatic hydroxyl groups excluding tert-OH is 1. The topological polar surface area (TPSA) is 20.2 Å². The third-order valence-electron chi connectivity index (χ3n) is 12.3. The van der Waals surface area contributed by atoms with Gasteiger partial charge in [0.05, 0.1) is 6.10 Å². The summed E-state index contributed by atoms with van der Waals surface area (Å²) in [6, 6.07) is 0. The second-order valence-electron chi connectivity index (χ2n) is 13.5. The minimum atomic E-state index is -0.0808. The van der Waals surface area contributed by atoms with Gasteiger partial charge in [-0.1, -0.05) is 39.3 Å². The van der Waals surface area contributed by atoms with Crippen molar-refractivity contribution in [2.24, 2.45) is 44.8 Å². The molecule has 8 atom stereocenters. The maximum atomic E-state index is 10.8. The number of aliphatic hydroxyl groups is 1. The number of allylic oxidation sites excluding steroid dienone is 2. The maximum Gasteiger partial charge on any atom is 0.0594 e. The highest BCUT2D eigenvalue weighted by Gasteiger charge is 2.81. The van der Waals surface area contributed by atoms with Crippen molar-refractivity contribution < 1.29 is 5.11 Å². The fraction of sp³-hybridized carbons (Fsp3) is 0.929. The Labute approximate surface area is 180 Å². The molecule has 1 nitrogen and oxygen atoms in total. The van der Waals surface area contributed by atoms with Crippen molar-refractivity contribution >= 4 is 0 Å². The number of fused-ring (bicyclic) bond motifs is 2. The SMILES string of the molecule is CC(C)=CCCC1CC[C@@]2(C)C3CCC4C(C)(C)[C@@H](O)CC[C@@]45C[C@@]35CC[C@]12C. The van der Waals surface area contributed by atoms with E-state index >= 15 is 0 Å². The summed E-state index contributed by atoms with van der Waals surface area (Å²) >= 11 is 0. The van der Waals surface area contributed by atoms with Crippen molar-refractivity contribution in [2.75, 3.05) is 0 Å². The lowest BCUT2D eigenvalue weighted by atomic mass is 9.42. The molecule has 5 aliphatic carbocycles. The minimum Gasteiger partial charge on any atom is -0.393 e. The fourth-order valence-electron chi connectivity index (χ4n) is 10.5. The van der Waals surface area contributed by atoms with E-state index in [1.54, 1.807) is 0 Å². The van der Waals surface area contributed by atoms with E-state index in [1.165, 1.54) is 69.8 Å². The van der Waals surface area contributed by atoms with Gasteiger partial charge in [-0.2, -0.15) is 0 Å². The van der Waals surface area contributed by atoms with E-state index in [4.69, 9.17) is 0 Å². The van der Waals surface area contributed by atoms with Crippen LogP contribution in [0.25, 0.3) is 0 Å². The Bertz CT molecular complexity index is 716. The van der Waals surface area contributed by atoms with Gasteiger partial charge < -0.3 is 5.11 Å². The van der Waals surface area contributed by atoms with Gasteiger partial charge in [0.25, 0.3) is 0 Å². The summed E-state index contributed by atoms with van der Waals surface area (Å²) < 4.78 is 0. The molecule has 0 aromatic heterocycles. The quantitative estimate of drug-likeness (QED) is 0.487. The molecule has 1 heteroatoms. The average molecular weight is 399 g/mol. The van der Waals surface area contributed by atoms with Gasteiger partial charge in [0.15, 0.2) is 0 Å². The normalized spacial score (nSPS) is 54.6. The van der Waals surface area contributed by atoms with E-state index in [1.807, 2.05) is 0 Å². The molecule has 0 bridgehead atoms. The van der Waals surface area contributed by atoms with Crippen LogP contribution in [0.15, 0.2) is 11.6 Å². The molecule has 0 aromatic carbocycles. The van der Waals surface area contributed by atoms with Crippen LogP contribution in [0.1, 0.15) is 112 Å². The second kappa shape index (κ2) is 6.14. The van der Waals surface area contributed by atoms with Crippen molar-refractivity contribution in [3.8, 4) is 0 Å². The Kier molecular flexibility index (Phi) is 4.36. The molecular weight excluding hydrogens is 352 g/mol. The van der Waals surface area contributed by atoms with E-state index in [0.29, 0.717) is 21.7 Å². The zero-order valence-electron chi connectivity index (χ0n) is 20.1. The molecule has 5 rings (SSSR count). The van der Waals surface area contributed by atoms with Gasteiger partial charge >= 0.3 is 0 Å². The van der Waals surface area contributed by atoms with Crippen LogP contribution in [-0.2, 0) is 0 Å². The van der Waals surface area contributed by atoms with Gasteiger partial charge in [-0.15, -0.1) is 0 Å². The van der Waals surface area contributed by atoms with Crippen molar-refractivity contribution in [1.29, 1.82) is 0 Å². The predicted octanol–water partition coefficient (Wildman–Crippen LogP) is 7.53.